The van der Waals surface area contributed by atoms with E-state index in [0.29, 0.717) is 4.91 Å². The maximum atomic E-state index is 12.4. The van der Waals surface area contributed by atoms with Crippen LogP contribution in [0.5, 0.6) is 0 Å². The summed E-state index contributed by atoms with van der Waals surface area (Å²) in [6.07, 6.45) is -0.858. The Morgan fingerprint density at radius 3 is 2.89 bits per heavy atom. The number of aliphatic hydroxyl groups is 1. The summed E-state index contributed by atoms with van der Waals surface area (Å²) in [5.74, 6) is -2.35. The summed E-state index contributed by atoms with van der Waals surface area (Å²) >= 11 is 1.16. The standard InChI is InChI=1S/C13H16BN6O5PS/c1-5-9-8(6(2)21)12(23)20(9)10(13(24)25-26-18-14)11(5)27-4-16-7(22)3-17-19-15/h5-6,8-9,21H,3-4H2,1-2H3,(H,16,22). The molecule has 1 fully saturated rings. The summed E-state index contributed by atoms with van der Waals surface area (Å²) in [5, 5.41) is 15.6. The van der Waals surface area contributed by atoms with E-state index in [2.05, 4.69) is 20.0 Å². The van der Waals surface area contributed by atoms with Gasteiger partial charge in [-0.15, -0.1) is 11.8 Å². The molecule has 0 aromatic heterocycles. The molecule has 0 spiro atoms. The van der Waals surface area contributed by atoms with Gasteiger partial charge in [-0.25, -0.2) is 4.79 Å². The molecule has 2 aliphatic rings. The van der Waals surface area contributed by atoms with Gasteiger partial charge in [0.05, 0.1) is 23.9 Å². The molecule has 4 unspecified atom stereocenters. The molecular weight excluding hydrogens is 394 g/mol. The molecule has 0 aromatic carbocycles. The zero-order chi connectivity index (χ0) is 20.1. The monoisotopic (exact) mass is 410 g/mol. The van der Waals surface area contributed by atoms with Gasteiger partial charge < -0.3 is 24.5 Å². The van der Waals surface area contributed by atoms with E-state index >= 15 is 0 Å². The van der Waals surface area contributed by atoms with Gasteiger partial charge >= 0.3 is 5.97 Å². The van der Waals surface area contributed by atoms with Crippen molar-refractivity contribution in [2.24, 2.45) is 21.6 Å². The molecule has 142 valence electrons. The van der Waals surface area contributed by atoms with E-state index in [1.54, 1.807) is 0 Å². The topological polar surface area (TPSA) is 157 Å². The van der Waals surface area contributed by atoms with Crippen LogP contribution in [0.2, 0.25) is 0 Å². The average molecular weight is 410 g/mol. The number of azide groups is 1. The maximum absolute atomic E-state index is 12.4. The molecule has 0 saturated carbocycles. The van der Waals surface area contributed by atoms with E-state index in [1.165, 1.54) is 11.8 Å². The second-order valence-corrected chi connectivity index (χ2v) is 7.41. The minimum Gasteiger partial charge on any atom is -0.393 e. The van der Waals surface area contributed by atoms with E-state index in [0.717, 1.165) is 11.8 Å². The number of fused-ring (bicyclic) bond motifs is 1. The van der Waals surface area contributed by atoms with Crippen LogP contribution in [-0.2, 0) is 18.9 Å². The van der Waals surface area contributed by atoms with Gasteiger partial charge in [0.25, 0.3) is 7.98 Å². The van der Waals surface area contributed by atoms with Gasteiger partial charge in [0.2, 0.25) is 20.4 Å². The van der Waals surface area contributed by atoms with Crippen molar-refractivity contribution in [1.82, 2.24) is 10.2 Å². The Morgan fingerprint density at radius 1 is 1.59 bits per heavy atom. The lowest BCUT2D eigenvalue weighted by Crippen LogP contribution is -2.63. The van der Waals surface area contributed by atoms with Crippen LogP contribution in [0, 0.1) is 11.8 Å². The van der Waals surface area contributed by atoms with Crippen LogP contribution in [-0.4, -0.2) is 60.3 Å². The third kappa shape index (κ3) is 4.27. The fourth-order valence-electron chi connectivity index (χ4n) is 3.16. The van der Waals surface area contributed by atoms with Crippen LogP contribution in [0.1, 0.15) is 13.8 Å². The number of thioether (sulfide) groups is 1. The van der Waals surface area contributed by atoms with Crippen molar-refractivity contribution >= 4 is 46.1 Å². The van der Waals surface area contributed by atoms with Crippen LogP contribution in [0.3, 0.4) is 0 Å². The van der Waals surface area contributed by atoms with Gasteiger partial charge in [-0.3, -0.25) is 9.59 Å². The number of rotatable bonds is 8. The molecule has 2 heterocycles. The molecule has 11 nitrogen and oxygen atoms in total. The second-order valence-electron chi connectivity index (χ2n) is 5.82. The third-order valence-electron chi connectivity index (χ3n) is 4.25. The molecule has 2 radical (unpaired) electrons. The Kier molecular flexibility index (Phi) is 7.26. The lowest BCUT2D eigenvalue weighted by molar-refractivity contribution is -0.162. The van der Waals surface area contributed by atoms with Crippen molar-refractivity contribution in [1.29, 1.82) is 0 Å². The second kappa shape index (κ2) is 9.23. The molecule has 2 amide bonds. The molecule has 1 saturated heterocycles. The number of carbonyl (C=O) groups is 3. The zero-order valence-electron chi connectivity index (χ0n) is 14.5. The minimum atomic E-state index is -0.858. The van der Waals surface area contributed by atoms with E-state index in [1.807, 2.05) is 6.92 Å². The molecule has 0 bridgehead atoms. The van der Waals surface area contributed by atoms with E-state index in [4.69, 9.17) is 18.0 Å². The number of nitrogens with zero attached hydrogens (tertiary/aromatic N) is 5. The molecule has 0 aliphatic carbocycles. The summed E-state index contributed by atoms with van der Waals surface area (Å²) in [4.78, 5) is 40.7. The van der Waals surface area contributed by atoms with Crippen molar-refractivity contribution in [3.63, 3.8) is 0 Å². The Balaban J connectivity index is 2.19. The maximum Gasteiger partial charge on any atom is 0.365 e. The number of carbonyl (C=O) groups excluding carboxylic acids is 3. The van der Waals surface area contributed by atoms with Crippen molar-refractivity contribution in [2.75, 3.05) is 12.4 Å². The van der Waals surface area contributed by atoms with Gasteiger partial charge in [0.1, 0.15) is 12.2 Å². The summed E-state index contributed by atoms with van der Waals surface area (Å²) < 4.78 is 8.09. The van der Waals surface area contributed by atoms with Crippen LogP contribution < -0.4 is 5.32 Å². The molecule has 14 heteroatoms. The highest BCUT2D eigenvalue weighted by Gasteiger charge is 2.60. The molecular formula is C13H16BN6O5PS. The first-order valence-corrected chi connectivity index (χ1v) is 9.57. The Morgan fingerprint density at radius 2 is 2.30 bits per heavy atom. The Bertz CT molecular complexity index is 755. The average Bonchev–Trinajstić information content (AvgIpc) is 2.86. The summed E-state index contributed by atoms with van der Waals surface area (Å²) in [5.41, 5.74) is 8.28. The number of hydrogen-bond acceptors (Lipinski definition) is 8. The Hall–Kier alpha value is -2.07. The number of β-lactam (4-membered cyclic amide) rings is 1. The highest BCUT2D eigenvalue weighted by Crippen LogP contribution is 2.50. The van der Waals surface area contributed by atoms with Gasteiger partial charge in [0, 0.05) is 15.7 Å². The molecule has 2 rings (SSSR count). The summed E-state index contributed by atoms with van der Waals surface area (Å²) in [7, 11) is 4.87. The van der Waals surface area contributed by atoms with Gasteiger partial charge in [0.15, 0.2) is 0 Å². The summed E-state index contributed by atoms with van der Waals surface area (Å²) in [6, 6.07) is -0.368. The Labute approximate surface area is 161 Å². The van der Waals surface area contributed by atoms with Crippen molar-refractivity contribution in [3.8, 4) is 0 Å². The number of amides is 2. The molecule has 2 aliphatic heterocycles. The van der Waals surface area contributed by atoms with Crippen molar-refractivity contribution in [2.45, 2.75) is 26.0 Å². The number of nitrogens with one attached hydrogen (secondary N) is 1. The van der Waals surface area contributed by atoms with Crippen LogP contribution in [0.25, 0.3) is 10.4 Å². The minimum absolute atomic E-state index is 0.0693. The van der Waals surface area contributed by atoms with Crippen molar-refractivity contribution < 1.29 is 24.0 Å². The SMILES string of the molecule is [B]N=POC(=O)C1=C(SCNC(=O)CN=[N+]=[N-])C(C)C2C(C(C)O)C(=O)N12. The molecule has 4 atom stereocenters. The van der Waals surface area contributed by atoms with E-state index in [9.17, 15) is 19.5 Å². The van der Waals surface area contributed by atoms with Crippen molar-refractivity contribution in [3.05, 3.63) is 21.0 Å². The quantitative estimate of drug-likeness (QED) is 0.115. The molecule has 27 heavy (non-hydrogen) atoms. The van der Waals surface area contributed by atoms with Gasteiger partial charge in [-0.2, -0.15) is 0 Å². The largest absolute Gasteiger partial charge is 0.393 e. The molecule has 2 N–H and O–H groups in total. The van der Waals surface area contributed by atoms with Crippen LogP contribution in [0.4, 0.5) is 0 Å². The highest BCUT2D eigenvalue weighted by atomic mass is 32.2. The lowest BCUT2D eigenvalue weighted by Gasteiger charge is -2.46. The first-order valence-electron chi connectivity index (χ1n) is 7.82. The number of aliphatic hydroxyl groups excluding tert-OH is 1. The van der Waals surface area contributed by atoms with E-state index in [-0.39, 0.29) is 44.6 Å². The third-order valence-corrected chi connectivity index (χ3v) is 5.75. The highest BCUT2D eigenvalue weighted by molar-refractivity contribution is 8.03. The zero-order valence-corrected chi connectivity index (χ0v) is 16.2. The lowest BCUT2D eigenvalue weighted by atomic mass is 9.79. The van der Waals surface area contributed by atoms with Crippen LogP contribution in [0.15, 0.2) is 20.4 Å². The number of hydrogen-bond donors (Lipinski definition) is 2. The summed E-state index contributed by atoms with van der Waals surface area (Å²) in [6.45, 7) is 3.02. The smallest absolute Gasteiger partial charge is 0.365 e. The van der Waals surface area contributed by atoms with Gasteiger partial charge in [-0.05, 0) is 12.5 Å². The van der Waals surface area contributed by atoms with E-state index < -0.39 is 23.9 Å². The normalized spacial score (nSPS) is 24.9. The molecule has 0 aromatic rings. The first-order chi connectivity index (χ1) is 12.8. The predicted molar refractivity (Wildman–Crippen MR) is 97.8 cm³/mol. The fourth-order valence-corrected chi connectivity index (χ4v) is 4.47. The fraction of sp³-hybridized carbons (Fsp3) is 0.615. The predicted octanol–water partition coefficient (Wildman–Crippen LogP) is 0.844. The van der Waals surface area contributed by atoms with Crippen LogP contribution >= 0.6 is 20.4 Å². The first kappa shape index (κ1) is 21.2. The van der Waals surface area contributed by atoms with Gasteiger partial charge in [-0.1, -0.05) is 12.0 Å².